The van der Waals surface area contributed by atoms with Gasteiger partial charge >= 0.3 is 0 Å². The van der Waals surface area contributed by atoms with Crippen molar-refractivity contribution in [3.05, 3.63) is 30.7 Å². The van der Waals surface area contributed by atoms with Gasteiger partial charge < -0.3 is 9.51 Å². The molecule has 3 rings (SSSR count). The number of hydrogen-bond donors (Lipinski definition) is 1. The molecule has 3 aromatic rings. The van der Waals surface area contributed by atoms with Gasteiger partial charge in [-0.15, -0.1) is 0 Å². The Hall–Kier alpha value is -2.17. The number of rotatable bonds is 1. The largest absolute Gasteiger partial charge is 0.342 e. The molecule has 0 amide bonds. The van der Waals surface area contributed by atoms with E-state index in [-0.39, 0.29) is 0 Å². The zero-order valence-corrected chi connectivity index (χ0v) is 7.14. The summed E-state index contributed by atoms with van der Waals surface area (Å²) < 4.78 is 4.64. The van der Waals surface area contributed by atoms with Crippen LogP contribution in [0.3, 0.4) is 0 Å². The van der Waals surface area contributed by atoms with Crippen LogP contribution in [0.2, 0.25) is 0 Å². The number of H-pyrrole nitrogens is 1. The molecular weight excluding hydrogens is 180 g/mol. The lowest BCUT2D eigenvalue weighted by Crippen LogP contribution is -1.81. The van der Waals surface area contributed by atoms with Gasteiger partial charge in [0.25, 0.3) is 0 Å². The average Bonchev–Trinajstić information content (AvgIpc) is 2.86. The van der Waals surface area contributed by atoms with Gasteiger partial charge in [0.2, 0.25) is 12.2 Å². The Morgan fingerprint density at radius 3 is 2.93 bits per heavy atom. The molecule has 5 nitrogen and oxygen atoms in total. The number of imidazole rings is 1. The molecule has 5 heteroatoms. The van der Waals surface area contributed by atoms with Gasteiger partial charge in [-0.25, -0.2) is 4.98 Å². The van der Waals surface area contributed by atoms with Crippen molar-refractivity contribution < 1.29 is 4.52 Å². The van der Waals surface area contributed by atoms with Crippen LogP contribution in [0, 0.1) is 0 Å². The highest BCUT2D eigenvalue weighted by molar-refractivity contribution is 5.77. The minimum atomic E-state index is 0.473. The number of nitrogens with zero attached hydrogens (tertiary/aromatic N) is 3. The number of para-hydroxylation sites is 2. The van der Waals surface area contributed by atoms with Crippen molar-refractivity contribution in [2.45, 2.75) is 0 Å². The smallest absolute Gasteiger partial charge is 0.238 e. The van der Waals surface area contributed by atoms with Gasteiger partial charge in [0.1, 0.15) is 0 Å². The maximum atomic E-state index is 4.64. The second kappa shape index (κ2) is 2.66. The molecule has 0 saturated heterocycles. The fourth-order valence-electron chi connectivity index (χ4n) is 1.33. The van der Waals surface area contributed by atoms with Crippen molar-refractivity contribution in [3.8, 4) is 11.6 Å². The third-order valence-electron chi connectivity index (χ3n) is 1.96. The Labute approximate surface area is 78.8 Å². The van der Waals surface area contributed by atoms with Crippen molar-refractivity contribution in [1.29, 1.82) is 0 Å². The predicted octanol–water partition coefficient (Wildman–Crippen LogP) is 1.61. The van der Waals surface area contributed by atoms with Crippen molar-refractivity contribution in [3.63, 3.8) is 0 Å². The lowest BCUT2D eigenvalue weighted by molar-refractivity contribution is 0.418. The van der Waals surface area contributed by atoms with Crippen LogP contribution >= 0.6 is 0 Å². The summed E-state index contributed by atoms with van der Waals surface area (Å²) in [5.41, 5.74) is 1.86. The summed E-state index contributed by atoms with van der Waals surface area (Å²) in [7, 11) is 0. The number of hydrogen-bond acceptors (Lipinski definition) is 4. The van der Waals surface area contributed by atoms with Crippen LogP contribution in [0.1, 0.15) is 0 Å². The van der Waals surface area contributed by atoms with E-state index in [1.54, 1.807) is 0 Å². The molecule has 1 aromatic carbocycles. The Morgan fingerprint density at radius 1 is 1.21 bits per heavy atom. The van der Waals surface area contributed by atoms with E-state index in [4.69, 9.17) is 0 Å². The second-order valence-electron chi connectivity index (χ2n) is 2.86. The van der Waals surface area contributed by atoms with Crippen LogP contribution < -0.4 is 0 Å². The molecule has 2 heterocycles. The first-order valence-electron chi connectivity index (χ1n) is 4.15. The van der Waals surface area contributed by atoms with Gasteiger partial charge in [-0.1, -0.05) is 17.3 Å². The third-order valence-corrected chi connectivity index (χ3v) is 1.96. The van der Waals surface area contributed by atoms with E-state index in [1.807, 2.05) is 24.3 Å². The molecule has 68 valence electrons. The van der Waals surface area contributed by atoms with E-state index < -0.39 is 0 Å². The number of fused-ring (bicyclic) bond motifs is 1. The van der Waals surface area contributed by atoms with Crippen molar-refractivity contribution in [1.82, 2.24) is 20.1 Å². The number of aromatic amines is 1. The molecule has 0 atom stereocenters. The van der Waals surface area contributed by atoms with Crippen LogP contribution in [0.15, 0.2) is 35.2 Å². The molecule has 0 aliphatic rings. The molecule has 0 spiro atoms. The van der Waals surface area contributed by atoms with Crippen LogP contribution in [-0.2, 0) is 0 Å². The first-order chi connectivity index (χ1) is 6.93. The summed E-state index contributed by atoms with van der Waals surface area (Å²) in [4.78, 5) is 11.3. The highest BCUT2D eigenvalue weighted by atomic mass is 16.5. The molecule has 0 saturated carbocycles. The summed E-state index contributed by atoms with van der Waals surface area (Å²) >= 11 is 0. The topological polar surface area (TPSA) is 67.6 Å². The number of aromatic nitrogens is 4. The van der Waals surface area contributed by atoms with Gasteiger partial charge in [0, 0.05) is 0 Å². The third kappa shape index (κ3) is 0.990. The van der Waals surface area contributed by atoms with Gasteiger partial charge in [0.15, 0.2) is 5.82 Å². The van der Waals surface area contributed by atoms with Crippen molar-refractivity contribution in [2.75, 3.05) is 0 Å². The molecular formula is C9H6N4O. The van der Waals surface area contributed by atoms with E-state index in [1.165, 1.54) is 6.39 Å². The number of benzene rings is 1. The predicted molar refractivity (Wildman–Crippen MR) is 49.4 cm³/mol. The quantitative estimate of drug-likeness (QED) is 0.626. The molecule has 0 unspecified atom stereocenters. The Bertz CT molecular complexity index is 522. The molecule has 1 N–H and O–H groups in total. The highest BCUT2D eigenvalue weighted by Gasteiger charge is 2.07. The first kappa shape index (κ1) is 7.25. The van der Waals surface area contributed by atoms with Gasteiger partial charge in [-0.2, -0.15) is 4.98 Å². The standard InChI is InChI=1S/C9H6N4O/c1-2-4-7-6(3-1)11-9(12-7)8-10-5-14-13-8/h1-5H,(H,11,12). The second-order valence-corrected chi connectivity index (χ2v) is 2.86. The van der Waals surface area contributed by atoms with E-state index in [2.05, 4.69) is 24.6 Å². The molecule has 14 heavy (non-hydrogen) atoms. The van der Waals surface area contributed by atoms with Crippen molar-refractivity contribution >= 4 is 11.0 Å². The highest BCUT2D eigenvalue weighted by Crippen LogP contribution is 2.16. The minimum Gasteiger partial charge on any atom is -0.342 e. The Balaban J connectivity index is 2.24. The van der Waals surface area contributed by atoms with Gasteiger partial charge in [0.05, 0.1) is 11.0 Å². The van der Waals surface area contributed by atoms with Gasteiger partial charge in [-0.3, -0.25) is 0 Å². The Morgan fingerprint density at radius 2 is 2.14 bits per heavy atom. The van der Waals surface area contributed by atoms with Crippen LogP contribution in [0.25, 0.3) is 22.7 Å². The van der Waals surface area contributed by atoms with Crippen LogP contribution in [0.4, 0.5) is 0 Å². The van der Waals surface area contributed by atoms with E-state index in [0.717, 1.165) is 11.0 Å². The maximum absolute atomic E-state index is 4.64. The van der Waals surface area contributed by atoms with Crippen LogP contribution in [0.5, 0.6) is 0 Å². The van der Waals surface area contributed by atoms with Gasteiger partial charge in [-0.05, 0) is 12.1 Å². The fourth-order valence-corrected chi connectivity index (χ4v) is 1.33. The normalized spacial score (nSPS) is 10.9. The van der Waals surface area contributed by atoms with Crippen molar-refractivity contribution in [2.24, 2.45) is 0 Å². The summed E-state index contributed by atoms with van der Waals surface area (Å²) in [6.07, 6.45) is 1.28. The fraction of sp³-hybridized carbons (Fsp3) is 0. The van der Waals surface area contributed by atoms with E-state index in [0.29, 0.717) is 11.6 Å². The monoisotopic (exact) mass is 186 g/mol. The molecule has 0 fully saturated rings. The maximum Gasteiger partial charge on any atom is 0.238 e. The number of nitrogens with one attached hydrogen (secondary N) is 1. The average molecular weight is 186 g/mol. The summed E-state index contributed by atoms with van der Waals surface area (Å²) in [5, 5.41) is 3.70. The molecule has 2 aromatic heterocycles. The van der Waals surface area contributed by atoms with Crippen LogP contribution in [-0.4, -0.2) is 20.1 Å². The molecule has 0 radical (unpaired) electrons. The van der Waals surface area contributed by atoms with E-state index in [9.17, 15) is 0 Å². The first-order valence-corrected chi connectivity index (χ1v) is 4.15. The summed E-state index contributed by atoms with van der Waals surface area (Å²) in [6.45, 7) is 0. The summed E-state index contributed by atoms with van der Waals surface area (Å²) in [5.74, 6) is 1.10. The zero-order chi connectivity index (χ0) is 9.38. The lowest BCUT2D eigenvalue weighted by Gasteiger charge is -1.82. The summed E-state index contributed by atoms with van der Waals surface area (Å²) in [6, 6.07) is 7.75. The SMILES string of the molecule is c1ccc2[nH]c(-c3ncon3)nc2c1. The molecule has 0 bridgehead atoms. The Kier molecular flexibility index (Phi) is 1.38. The molecule has 0 aliphatic carbocycles. The lowest BCUT2D eigenvalue weighted by atomic mass is 10.3. The molecule has 0 aliphatic heterocycles. The van der Waals surface area contributed by atoms with E-state index >= 15 is 0 Å². The zero-order valence-electron chi connectivity index (χ0n) is 7.14. The minimum absolute atomic E-state index is 0.473.